The third kappa shape index (κ3) is 4.11. The summed E-state index contributed by atoms with van der Waals surface area (Å²) in [5.41, 5.74) is 10.3. The Morgan fingerprint density at radius 3 is 2.65 bits per heavy atom. The fourth-order valence-corrected chi connectivity index (χ4v) is 2.60. The number of ether oxygens (including phenoxy) is 2. The Kier molecular flexibility index (Phi) is 5.77. The third-order valence-electron chi connectivity index (χ3n) is 3.82. The summed E-state index contributed by atoms with van der Waals surface area (Å²) in [6, 6.07) is 13.5. The Labute approximate surface area is 137 Å². The van der Waals surface area contributed by atoms with E-state index in [1.807, 2.05) is 49.4 Å². The van der Waals surface area contributed by atoms with Crippen molar-refractivity contribution in [1.29, 1.82) is 0 Å². The summed E-state index contributed by atoms with van der Waals surface area (Å²) >= 11 is 0. The van der Waals surface area contributed by atoms with Gasteiger partial charge in [-0.15, -0.1) is 0 Å². The van der Waals surface area contributed by atoms with Crippen molar-refractivity contribution >= 4 is 5.97 Å². The highest BCUT2D eigenvalue weighted by Crippen LogP contribution is 2.31. The lowest BCUT2D eigenvalue weighted by Gasteiger charge is -2.14. The summed E-state index contributed by atoms with van der Waals surface area (Å²) in [6.07, 6.45) is 0.175. The fraction of sp³-hybridized carbons (Fsp3) is 0.316. The molecule has 0 fully saturated rings. The smallest absolute Gasteiger partial charge is 0.307 e. The number of carbonyl (C=O) groups excluding carboxylic acids is 1. The van der Waals surface area contributed by atoms with Gasteiger partial charge in [-0.3, -0.25) is 4.79 Å². The van der Waals surface area contributed by atoms with E-state index in [1.54, 1.807) is 14.0 Å². The molecular formula is C19H23NO3. The van der Waals surface area contributed by atoms with Gasteiger partial charge in [-0.25, -0.2) is 0 Å². The summed E-state index contributed by atoms with van der Waals surface area (Å²) in [4.78, 5) is 11.6. The zero-order valence-electron chi connectivity index (χ0n) is 13.8. The maximum atomic E-state index is 11.6. The number of esters is 1. The highest BCUT2D eigenvalue weighted by molar-refractivity contribution is 5.72. The number of nitrogens with two attached hydrogens (primary N) is 1. The van der Waals surface area contributed by atoms with E-state index in [4.69, 9.17) is 15.2 Å². The highest BCUT2D eigenvalue weighted by Gasteiger charge is 2.14. The predicted octanol–water partition coefficient (Wildman–Crippen LogP) is 3.62. The lowest BCUT2D eigenvalue weighted by molar-refractivity contribution is -0.143. The van der Waals surface area contributed by atoms with Crippen LogP contribution in [0, 0.1) is 6.92 Å². The molecule has 0 bridgehead atoms. The number of methoxy groups -OCH3 is 1. The van der Waals surface area contributed by atoms with Crippen molar-refractivity contribution in [2.75, 3.05) is 13.7 Å². The second-order valence-corrected chi connectivity index (χ2v) is 5.37. The molecule has 0 saturated carbocycles. The quantitative estimate of drug-likeness (QED) is 0.827. The number of carbonyl (C=O) groups is 1. The Balaban J connectivity index is 2.28. The van der Waals surface area contributed by atoms with Gasteiger partial charge in [-0.1, -0.05) is 30.3 Å². The standard InChI is InChI=1S/C19H23NO3/c1-4-23-19(21)12-17(20)15-8-5-7-14(11-15)16-9-6-10-18(22-3)13(16)2/h5-11,17H,4,12,20H2,1-3H3/t17-/m0/s1. The van der Waals surface area contributed by atoms with Crippen LogP contribution in [0.25, 0.3) is 11.1 Å². The van der Waals surface area contributed by atoms with Crippen LogP contribution in [-0.4, -0.2) is 19.7 Å². The van der Waals surface area contributed by atoms with Gasteiger partial charge in [-0.05, 0) is 48.2 Å². The molecule has 0 heterocycles. The zero-order chi connectivity index (χ0) is 16.8. The molecule has 0 aliphatic heterocycles. The minimum atomic E-state index is -0.375. The van der Waals surface area contributed by atoms with Gasteiger partial charge in [0.25, 0.3) is 0 Å². The molecule has 0 unspecified atom stereocenters. The maximum Gasteiger partial charge on any atom is 0.307 e. The van der Waals surface area contributed by atoms with E-state index in [2.05, 4.69) is 0 Å². The normalized spacial score (nSPS) is 11.8. The molecular weight excluding hydrogens is 290 g/mol. The number of hydrogen-bond donors (Lipinski definition) is 1. The Morgan fingerprint density at radius 2 is 1.96 bits per heavy atom. The van der Waals surface area contributed by atoms with E-state index in [-0.39, 0.29) is 18.4 Å². The fourth-order valence-electron chi connectivity index (χ4n) is 2.60. The minimum Gasteiger partial charge on any atom is -0.496 e. The SMILES string of the molecule is CCOC(=O)C[C@H](N)c1cccc(-c2cccc(OC)c2C)c1. The van der Waals surface area contributed by atoms with E-state index < -0.39 is 0 Å². The molecule has 0 spiro atoms. The average Bonchev–Trinajstić information content (AvgIpc) is 2.55. The van der Waals surface area contributed by atoms with Crippen LogP contribution in [-0.2, 0) is 9.53 Å². The molecule has 122 valence electrons. The van der Waals surface area contributed by atoms with E-state index in [1.165, 1.54) is 0 Å². The lowest BCUT2D eigenvalue weighted by Crippen LogP contribution is -2.17. The number of rotatable bonds is 6. The van der Waals surface area contributed by atoms with Gasteiger partial charge in [-0.2, -0.15) is 0 Å². The lowest BCUT2D eigenvalue weighted by atomic mass is 9.95. The van der Waals surface area contributed by atoms with Crippen molar-refractivity contribution in [2.45, 2.75) is 26.3 Å². The molecule has 2 aromatic carbocycles. The average molecular weight is 313 g/mol. The number of hydrogen-bond acceptors (Lipinski definition) is 4. The van der Waals surface area contributed by atoms with Crippen LogP contribution in [0.15, 0.2) is 42.5 Å². The molecule has 1 atom stereocenters. The Morgan fingerprint density at radius 1 is 1.22 bits per heavy atom. The molecule has 0 radical (unpaired) electrons. The summed E-state index contributed by atoms with van der Waals surface area (Å²) in [7, 11) is 1.66. The Bertz CT molecular complexity index is 682. The van der Waals surface area contributed by atoms with Crippen LogP contribution in [0.1, 0.15) is 30.5 Å². The highest BCUT2D eigenvalue weighted by atomic mass is 16.5. The van der Waals surface area contributed by atoms with Crippen molar-refractivity contribution in [3.8, 4) is 16.9 Å². The molecule has 2 aromatic rings. The predicted molar refractivity (Wildman–Crippen MR) is 91.3 cm³/mol. The van der Waals surface area contributed by atoms with E-state index in [9.17, 15) is 4.79 Å². The minimum absolute atomic E-state index is 0.175. The van der Waals surface area contributed by atoms with Crippen molar-refractivity contribution in [3.63, 3.8) is 0 Å². The van der Waals surface area contributed by atoms with E-state index in [0.29, 0.717) is 6.61 Å². The van der Waals surface area contributed by atoms with Gasteiger partial charge in [0, 0.05) is 6.04 Å². The molecule has 0 aromatic heterocycles. The molecule has 4 nitrogen and oxygen atoms in total. The van der Waals surface area contributed by atoms with Crippen LogP contribution in [0.2, 0.25) is 0 Å². The van der Waals surface area contributed by atoms with Gasteiger partial charge >= 0.3 is 5.97 Å². The molecule has 0 saturated heterocycles. The summed E-state index contributed by atoms with van der Waals surface area (Å²) in [6.45, 7) is 4.18. The molecule has 2 rings (SSSR count). The van der Waals surface area contributed by atoms with Gasteiger partial charge in [0.15, 0.2) is 0 Å². The van der Waals surface area contributed by atoms with Crippen molar-refractivity contribution < 1.29 is 14.3 Å². The van der Waals surface area contributed by atoms with Gasteiger partial charge in [0.05, 0.1) is 20.1 Å². The van der Waals surface area contributed by atoms with Crippen LogP contribution in [0.4, 0.5) is 0 Å². The van der Waals surface area contributed by atoms with Crippen molar-refractivity contribution in [1.82, 2.24) is 0 Å². The molecule has 0 aliphatic carbocycles. The van der Waals surface area contributed by atoms with Gasteiger partial charge in [0.2, 0.25) is 0 Å². The van der Waals surface area contributed by atoms with E-state index >= 15 is 0 Å². The largest absolute Gasteiger partial charge is 0.496 e. The maximum absolute atomic E-state index is 11.6. The first kappa shape index (κ1) is 17.0. The molecule has 2 N–H and O–H groups in total. The van der Waals surface area contributed by atoms with Crippen LogP contribution < -0.4 is 10.5 Å². The third-order valence-corrected chi connectivity index (χ3v) is 3.82. The first-order chi connectivity index (χ1) is 11.1. The monoisotopic (exact) mass is 313 g/mol. The van der Waals surface area contributed by atoms with Crippen molar-refractivity contribution in [2.24, 2.45) is 5.73 Å². The summed E-state index contributed by atoms with van der Waals surface area (Å²) in [5.74, 6) is 0.576. The topological polar surface area (TPSA) is 61.5 Å². The second-order valence-electron chi connectivity index (χ2n) is 5.37. The molecule has 0 amide bonds. The van der Waals surface area contributed by atoms with Crippen LogP contribution in [0.5, 0.6) is 5.75 Å². The molecule has 4 heteroatoms. The van der Waals surface area contributed by atoms with Gasteiger partial charge < -0.3 is 15.2 Å². The van der Waals surface area contributed by atoms with Gasteiger partial charge in [0.1, 0.15) is 5.75 Å². The second kappa shape index (κ2) is 7.79. The van der Waals surface area contributed by atoms with Crippen LogP contribution >= 0.6 is 0 Å². The summed E-state index contributed by atoms with van der Waals surface area (Å²) in [5, 5.41) is 0. The molecule has 0 aliphatic rings. The number of benzene rings is 2. The van der Waals surface area contributed by atoms with E-state index in [0.717, 1.165) is 28.0 Å². The Hall–Kier alpha value is -2.33. The first-order valence-corrected chi connectivity index (χ1v) is 7.72. The summed E-state index contributed by atoms with van der Waals surface area (Å²) < 4.78 is 10.3. The first-order valence-electron chi connectivity index (χ1n) is 7.72. The zero-order valence-corrected chi connectivity index (χ0v) is 13.8. The van der Waals surface area contributed by atoms with Crippen molar-refractivity contribution in [3.05, 3.63) is 53.6 Å². The molecule has 23 heavy (non-hydrogen) atoms. The van der Waals surface area contributed by atoms with Crippen LogP contribution in [0.3, 0.4) is 0 Å².